The quantitative estimate of drug-likeness (QED) is 0.849. The van der Waals surface area contributed by atoms with Crippen molar-refractivity contribution >= 4 is 28.2 Å². The number of hydrogen-bond acceptors (Lipinski definition) is 3. The van der Waals surface area contributed by atoms with Gasteiger partial charge in [0.05, 0.1) is 9.92 Å². The van der Waals surface area contributed by atoms with E-state index in [1.807, 2.05) is 0 Å². The number of hydrogen-bond donors (Lipinski definition) is 1. The number of benzene rings is 1. The highest BCUT2D eigenvalue weighted by Gasteiger charge is 2.23. The number of amides is 1. The smallest absolute Gasteiger partial charge is 0.253 e. The van der Waals surface area contributed by atoms with Gasteiger partial charge >= 0.3 is 0 Å². The molecule has 0 spiro atoms. The molecule has 0 unspecified atom stereocenters. The van der Waals surface area contributed by atoms with Crippen LogP contribution in [0, 0.1) is 0 Å². The first-order chi connectivity index (χ1) is 8.99. The molecule has 0 aromatic heterocycles. The molecule has 7 heteroatoms. The molecular weight excluding hydrogens is 293 g/mol. The van der Waals surface area contributed by atoms with Crippen molar-refractivity contribution < 1.29 is 17.6 Å². The maximum absolute atomic E-state index is 13.0. The zero-order chi connectivity index (χ0) is 14.0. The summed E-state index contributed by atoms with van der Waals surface area (Å²) in [7, 11) is -2.84. The first-order valence-electron chi connectivity index (χ1n) is 5.86. The third-order valence-corrected chi connectivity index (χ3v) is 4.33. The van der Waals surface area contributed by atoms with E-state index in [1.165, 1.54) is 23.1 Å². The number of likely N-dealkylation sites (tertiary alicyclic amines) is 1. The van der Waals surface area contributed by atoms with Crippen molar-refractivity contribution in [2.75, 3.05) is 13.1 Å². The van der Waals surface area contributed by atoms with Crippen molar-refractivity contribution in [3.63, 3.8) is 0 Å². The van der Waals surface area contributed by atoms with Crippen molar-refractivity contribution in [1.82, 2.24) is 4.90 Å². The fraction of sp³-hybridized carbons (Fsp3) is 0.417. The highest BCUT2D eigenvalue weighted by Crippen LogP contribution is 2.21. The Labute approximate surface area is 117 Å². The van der Waals surface area contributed by atoms with Gasteiger partial charge in [0.25, 0.3) is 5.91 Å². The lowest BCUT2D eigenvalue weighted by Gasteiger charge is -2.28. The van der Waals surface area contributed by atoms with Crippen LogP contribution in [0.2, 0.25) is 5.02 Å². The summed E-state index contributed by atoms with van der Waals surface area (Å²) in [5, 5.41) is 0.0927. The maximum atomic E-state index is 13.0. The Bertz CT molecular complexity index is 560. The maximum Gasteiger partial charge on any atom is 0.253 e. The molecular formula is C12H13ClFNO3S. The average Bonchev–Trinajstić information content (AvgIpc) is 2.39. The molecule has 1 fully saturated rings. The van der Waals surface area contributed by atoms with E-state index in [2.05, 4.69) is 0 Å². The molecule has 1 saturated heterocycles. The van der Waals surface area contributed by atoms with Crippen LogP contribution >= 0.6 is 11.6 Å². The third kappa shape index (κ3) is 3.25. The molecule has 2 rings (SSSR count). The number of rotatable bonds is 2. The van der Waals surface area contributed by atoms with E-state index < -0.39 is 16.9 Å². The number of thiol groups is 1. The first kappa shape index (κ1) is 14.3. The zero-order valence-electron chi connectivity index (χ0n) is 10.0. The van der Waals surface area contributed by atoms with Gasteiger partial charge in [0, 0.05) is 18.7 Å². The predicted octanol–water partition coefficient (Wildman–Crippen LogP) is 1.88. The van der Waals surface area contributed by atoms with Crippen LogP contribution in [0.25, 0.3) is 0 Å². The van der Waals surface area contributed by atoms with Crippen LogP contribution in [-0.4, -0.2) is 38.5 Å². The molecule has 1 heterocycles. The number of alkyl halides is 1. The van der Waals surface area contributed by atoms with Crippen molar-refractivity contribution in [3.05, 3.63) is 28.8 Å². The summed E-state index contributed by atoms with van der Waals surface area (Å²) in [5.41, 5.74) is 0.260. The summed E-state index contributed by atoms with van der Waals surface area (Å²) >= 11 is 5.74. The Morgan fingerprint density at radius 3 is 2.53 bits per heavy atom. The molecule has 0 saturated carbocycles. The number of nitrogens with zero attached hydrogens (tertiary/aromatic N) is 1. The van der Waals surface area contributed by atoms with Crippen molar-refractivity contribution in [2.24, 2.45) is 0 Å². The second-order valence-corrected chi connectivity index (χ2v) is 5.79. The summed E-state index contributed by atoms with van der Waals surface area (Å²) in [4.78, 5) is 13.6. The second-order valence-electron chi connectivity index (χ2n) is 4.39. The molecule has 0 N–H and O–H groups in total. The summed E-state index contributed by atoms with van der Waals surface area (Å²) in [5.74, 6) is -0.290. The van der Waals surface area contributed by atoms with Crippen molar-refractivity contribution in [1.29, 1.82) is 0 Å². The predicted molar refractivity (Wildman–Crippen MR) is 70.1 cm³/mol. The van der Waals surface area contributed by atoms with Crippen LogP contribution in [0.15, 0.2) is 23.1 Å². The lowest BCUT2D eigenvalue weighted by atomic mass is 10.1. The van der Waals surface area contributed by atoms with Gasteiger partial charge in [-0.1, -0.05) is 11.6 Å². The highest BCUT2D eigenvalue weighted by molar-refractivity contribution is 7.72. The fourth-order valence-electron chi connectivity index (χ4n) is 2.02. The average molecular weight is 306 g/mol. The Kier molecular flexibility index (Phi) is 4.42. The molecule has 4 nitrogen and oxygen atoms in total. The van der Waals surface area contributed by atoms with E-state index in [-0.39, 0.29) is 21.4 Å². The van der Waals surface area contributed by atoms with Gasteiger partial charge in [0.15, 0.2) is 10.7 Å². The molecule has 1 aliphatic heterocycles. The van der Waals surface area contributed by atoms with E-state index in [0.717, 1.165) is 0 Å². The minimum atomic E-state index is -2.84. The van der Waals surface area contributed by atoms with Gasteiger partial charge in [-0.05, 0) is 31.0 Å². The van der Waals surface area contributed by atoms with E-state index in [0.29, 0.717) is 25.9 Å². The molecule has 1 aromatic rings. The summed E-state index contributed by atoms with van der Waals surface area (Å²) in [6.07, 6.45) is -0.217. The van der Waals surface area contributed by atoms with Gasteiger partial charge in [0.1, 0.15) is 6.17 Å². The minimum absolute atomic E-state index is 0.0668. The molecule has 19 heavy (non-hydrogen) atoms. The Morgan fingerprint density at radius 2 is 1.95 bits per heavy atom. The van der Waals surface area contributed by atoms with Gasteiger partial charge < -0.3 is 4.90 Å². The number of piperidine rings is 1. The molecule has 104 valence electrons. The van der Waals surface area contributed by atoms with Gasteiger partial charge in [-0.3, -0.25) is 4.79 Å². The number of carbonyl (C=O) groups excluding carboxylic acids is 1. The van der Waals surface area contributed by atoms with Crippen LogP contribution in [0.3, 0.4) is 0 Å². The van der Waals surface area contributed by atoms with E-state index >= 15 is 0 Å². The van der Waals surface area contributed by atoms with Crippen LogP contribution in [0.1, 0.15) is 23.2 Å². The largest absolute Gasteiger partial charge is 0.338 e. The van der Waals surface area contributed by atoms with Gasteiger partial charge in [-0.2, -0.15) is 0 Å². The second kappa shape index (κ2) is 5.88. The summed E-state index contributed by atoms with van der Waals surface area (Å²) < 4.78 is 35.0. The molecule has 1 aliphatic rings. The topological polar surface area (TPSA) is 54.5 Å². The Hall–Kier alpha value is -1.14. The van der Waals surface area contributed by atoms with Gasteiger partial charge in [0.2, 0.25) is 0 Å². The minimum Gasteiger partial charge on any atom is -0.338 e. The molecule has 0 radical (unpaired) electrons. The van der Waals surface area contributed by atoms with Crippen LogP contribution in [-0.2, 0) is 10.7 Å². The monoisotopic (exact) mass is 305 g/mol. The summed E-state index contributed by atoms with van der Waals surface area (Å²) in [6, 6.07) is 4.13. The van der Waals surface area contributed by atoms with Crippen LogP contribution in [0.5, 0.6) is 0 Å². The van der Waals surface area contributed by atoms with E-state index in [1.54, 1.807) is 0 Å². The summed E-state index contributed by atoms with van der Waals surface area (Å²) in [6.45, 7) is 0.697. The third-order valence-electron chi connectivity index (χ3n) is 3.10. The Morgan fingerprint density at radius 1 is 1.32 bits per heavy atom. The Balaban J connectivity index is 2.22. The molecule has 0 aliphatic carbocycles. The van der Waals surface area contributed by atoms with Crippen LogP contribution in [0.4, 0.5) is 4.39 Å². The van der Waals surface area contributed by atoms with E-state index in [4.69, 9.17) is 11.6 Å². The van der Waals surface area contributed by atoms with E-state index in [9.17, 15) is 17.6 Å². The SMILES string of the molecule is O=C(c1ccc(Cl)c([SH](=O)=O)c1)N1CCC(F)CC1. The lowest BCUT2D eigenvalue weighted by molar-refractivity contribution is 0.0667. The zero-order valence-corrected chi connectivity index (χ0v) is 11.7. The van der Waals surface area contributed by atoms with Crippen molar-refractivity contribution in [3.8, 4) is 0 Å². The van der Waals surface area contributed by atoms with Crippen LogP contribution < -0.4 is 0 Å². The number of carbonyl (C=O) groups is 1. The fourth-order valence-corrected chi connectivity index (χ4v) is 2.84. The number of halogens is 2. The molecule has 1 aromatic carbocycles. The normalized spacial score (nSPS) is 16.9. The lowest BCUT2D eigenvalue weighted by Crippen LogP contribution is -2.39. The molecule has 0 bridgehead atoms. The first-order valence-corrected chi connectivity index (χ1v) is 7.42. The highest BCUT2D eigenvalue weighted by atomic mass is 35.5. The van der Waals surface area contributed by atoms with Gasteiger partial charge in [-0.25, -0.2) is 12.8 Å². The molecule has 1 amide bonds. The molecule has 0 atom stereocenters. The van der Waals surface area contributed by atoms with Gasteiger partial charge in [-0.15, -0.1) is 0 Å². The van der Waals surface area contributed by atoms with Crippen molar-refractivity contribution in [2.45, 2.75) is 23.9 Å². The standard InChI is InChI=1S/C12H13ClFNO3S/c13-10-2-1-8(7-11(10)19(17)18)12(16)15-5-3-9(14)4-6-15/h1-2,7,9,19H,3-6H2.